The fourth-order valence-electron chi connectivity index (χ4n) is 4.42. The van der Waals surface area contributed by atoms with Gasteiger partial charge in [0.1, 0.15) is 11.6 Å². The van der Waals surface area contributed by atoms with Crippen LogP contribution in [0.2, 0.25) is 0 Å². The third-order valence-electron chi connectivity index (χ3n) is 5.95. The molecule has 2 aromatic carbocycles. The van der Waals surface area contributed by atoms with Crippen LogP contribution < -0.4 is 4.72 Å². The Morgan fingerprint density at radius 3 is 2.57 bits per heavy atom. The van der Waals surface area contributed by atoms with Crippen LogP contribution in [0.25, 0.3) is 11.1 Å². The van der Waals surface area contributed by atoms with Crippen molar-refractivity contribution in [2.45, 2.75) is 37.6 Å². The van der Waals surface area contributed by atoms with Gasteiger partial charge in [-0.2, -0.15) is 0 Å². The maximum Gasteiger partial charge on any atom is 0.226 e. The van der Waals surface area contributed by atoms with Gasteiger partial charge in [0.2, 0.25) is 5.91 Å². The van der Waals surface area contributed by atoms with Crippen molar-refractivity contribution < 1.29 is 22.3 Å². The molecule has 1 saturated carbocycles. The first-order valence-electron chi connectivity index (χ1n) is 10.1. The van der Waals surface area contributed by atoms with Gasteiger partial charge in [-0.05, 0) is 48.4 Å². The fourth-order valence-corrected chi connectivity index (χ4v) is 4.89. The summed E-state index contributed by atoms with van der Waals surface area (Å²) in [6, 6.07) is 10.6. The summed E-state index contributed by atoms with van der Waals surface area (Å²) in [7, 11) is 0. The van der Waals surface area contributed by atoms with Crippen molar-refractivity contribution in [1.82, 2.24) is 9.62 Å². The van der Waals surface area contributed by atoms with Gasteiger partial charge in [0.05, 0.1) is 5.56 Å². The van der Waals surface area contributed by atoms with E-state index in [1.54, 1.807) is 17.0 Å². The largest absolute Gasteiger partial charge is 0.760 e. The lowest BCUT2D eigenvalue weighted by molar-refractivity contribution is -0.132. The minimum Gasteiger partial charge on any atom is -0.760 e. The van der Waals surface area contributed by atoms with E-state index in [1.807, 2.05) is 12.1 Å². The van der Waals surface area contributed by atoms with Gasteiger partial charge in [-0.15, -0.1) is 0 Å². The molecule has 160 valence electrons. The Bertz CT molecular complexity index is 951. The SMILES string of the molecule is O=C(C1CC1c1ccccc1-c1c(F)cccc1F)N1CCCCC(NS(=O)[O-])C1. The number of hydrogen-bond donors (Lipinski definition) is 1. The molecule has 1 aliphatic carbocycles. The van der Waals surface area contributed by atoms with E-state index in [1.165, 1.54) is 18.2 Å². The predicted octanol–water partition coefficient (Wildman–Crippen LogP) is 3.50. The molecule has 1 amide bonds. The van der Waals surface area contributed by atoms with Crippen molar-refractivity contribution in [3.8, 4) is 11.1 Å². The highest BCUT2D eigenvalue weighted by atomic mass is 32.2. The minimum absolute atomic E-state index is 0.0193. The molecule has 2 aromatic rings. The second-order valence-corrected chi connectivity index (χ2v) is 8.67. The quantitative estimate of drug-likeness (QED) is 0.734. The van der Waals surface area contributed by atoms with Crippen molar-refractivity contribution in [3.63, 3.8) is 0 Å². The Morgan fingerprint density at radius 1 is 1.10 bits per heavy atom. The molecule has 2 fully saturated rings. The number of hydrogen-bond acceptors (Lipinski definition) is 3. The van der Waals surface area contributed by atoms with Crippen LogP contribution >= 0.6 is 0 Å². The standard InChI is InChI=1S/C22H24F2N2O3S/c23-19-9-5-10-20(24)21(19)16-8-2-1-7-15(16)17-12-18(17)22(27)26-11-4-3-6-14(13-26)25-30(28)29/h1-2,5,7-10,14,17-18,25H,3-4,6,11-13H2,(H,28,29)/p-1. The van der Waals surface area contributed by atoms with Crippen LogP contribution in [0.3, 0.4) is 0 Å². The summed E-state index contributed by atoms with van der Waals surface area (Å²) >= 11 is -2.37. The van der Waals surface area contributed by atoms with Crippen LogP contribution in [0, 0.1) is 17.6 Å². The topological polar surface area (TPSA) is 72.5 Å². The second kappa shape index (κ2) is 8.91. The van der Waals surface area contributed by atoms with E-state index in [4.69, 9.17) is 0 Å². The predicted molar refractivity (Wildman–Crippen MR) is 109 cm³/mol. The summed E-state index contributed by atoms with van der Waals surface area (Å²) < 4.78 is 53.2. The zero-order valence-electron chi connectivity index (χ0n) is 16.4. The molecule has 30 heavy (non-hydrogen) atoms. The molecule has 5 nitrogen and oxygen atoms in total. The monoisotopic (exact) mass is 433 g/mol. The summed E-state index contributed by atoms with van der Waals surface area (Å²) in [5.41, 5.74) is 1.18. The van der Waals surface area contributed by atoms with Crippen LogP contribution in [0.1, 0.15) is 37.2 Å². The number of nitrogens with one attached hydrogen (secondary N) is 1. The van der Waals surface area contributed by atoms with Crippen molar-refractivity contribution >= 4 is 17.2 Å². The first-order valence-corrected chi connectivity index (χ1v) is 11.2. The Hall–Kier alpha value is -2.16. The lowest BCUT2D eigenvalue weighted by atomic mass is 9.95. The van der Waals surface area contributed by atoms with Crippen LogP contribution in [-0.2, 0) is 16.1 Å². The van der Waals surface area contributed by atoms with Gasteiger partial charge >= 0.3 is 0 Å². The number of likely N-dealkylation sites (tertiary alicyclic amines) is 1. The highest BCUT2D eigenvalue weighted by molar-refractivity contribution is 7.77. The molecule has 0 spiro atoms. The minimum atomic E-state index is -2.37. The van der Waals surface area contributed by atoms with Gasteiger partial charge < -0.3 is 9.45 Å². The van der Waals surface area contributed by atoms with Crippen molar-refractivity contribution in [3.05, 3.63) is 59.7 Å². The Kier molecular flexibility index (Phi) is 6.26. The zero-order chi connectivity index (χ0) is 21.3. The summed E-state index contributed by atoms with van der Waals surface area (Å²) in [5.74, 6) is -1.63. The van der Waals surface area contributed by atoms with E-state index < -0.39 is 22.9 Å². The summed E-state index contributed by atoms with van der Waals surface area (Å²) in [4.78, 5) is 14.8. The molecule has 1 N–H and O–H groups in total. The molecule has 1 heterocycles. The first kappa shape index (κ1) is 21.1. The van der Waals surface area contributed by atoms with Gasteiger partial charge in [-0.1, -0.05) is 36.8 Å². The van der Waals surface area contributed by atoms with Crippen LogP contribution in [-0.4, -0.2) is 38.7 Å². The molecule has 0 radical (unpaired) electrons. The van der Waals surface area contributed by atoms with Gasteiger partial charge in [0.15, 0.2) is 0 Å². The van der Waals surface area contributed by atoms with Gasteiger partial charge in [0.25, 0.3) is 0 Å². The summed E-state index contributed by atoms with van der Waals surface area (Å²) in [6.07, 6.45) is 2.99. The van der Waals surface area contributed by atoms with Crippen molar-refractivity contribution in [2.75, 3.05) is 13.1 Å². The molecular weight excluding hydrogens is 410 g/mol. The van der Waals surface area contributed by atoms with Crippen LogP contribution in [0.4, 0.5) is 8.78 Å². The number of benzene rings is 2. The average Bonchev–Trinajstić information content (AvgIpc) is 3.52. The summed E-state index contributed by atoms with van der Waals surface area (Å²) in [5, 5.41) is 0. The van der Waals surface area contributed by atoms with Crippen LogP contribution in [0.5, 0.6) is 0 Å². The summed E-state index contributed by atoms with van der Waals surface area (Å²) in [6.45, 7) is 0.939. The van der Waals surface area contributed by atoms with Gasteiger partial charge in [-0.3, -0.25) is 9.00 Å². The van der Waals surface area contributed by atoms with E-state index >= 15 is 0 Å². The number of nitrogens with zero attached hydrogens (tertiary/aromatic N) is 1. The third-order valence-corrected chi connectivity index (χ3v) is 6.47. The highest BCUT2D eigenvalue weighted by Crippen LogP contribution is 2.51. The first-order chi connectivity index (χ1) is 14.5. The highest BCUT2D eigenvalue weighted by Gasteiger charge is 2.47. The van der Waals surface area contributed by atoms with E-state index in [9.17, 15) is 22.3 Å². The molecule has 8 heteroatoms. The number of carbonyl (C=O) groups excluding carboxylic acids is 1. The smallest absolute Gasteiger partial charge is 0.226 e. The molecule has 0 aromatic heterocycles. The second-order valence-electron chi connectivity index (χ2n) is 7.96. The molecular formula is C22H23F2N2O3S-. The third kappa shape index (κ3) is 4.45. The number of carbonyl (C=O) groups is 1. The van der Waals surface area contributed by atoms with E-state index in [0.717, 1.165) is 18.4 Å². The molecule has 2 aliphatic rings. The normalized spacial score (nSPS) is 24.9. The molecule has 4 unspecified atom stereocenters. The van der Waals surface area contributed by atoms with E-state index in [-0.39, 0.29) is 29.3 Å². The lowest BCUT2D eigenvalue weighted by Gasteiger charge is -2.26. The zero-order valence-corrected chi connectivity index (χ0v) is 17.2. The van der Waals surface area contributed by atoms with E-state index in [2.05, 4.69) is 4.72 Å². The fraction of sp³-hybridized carbons (Fsp3) is 0.409. The Morgan fingerprint density at radius 2 is 1.83 bits per heavy atom. The lowest BCUT2D eigenvalue weighted by Crippen LogP contribution is -2.43. The van der Waals surface area contributed by atoms with Crippen molar-refractivity contribution in [2.24, 2.45) is 5.92 Å². The molecule has 0 bridgehead atoms. The molecule has 4 atom stereocenters. The number of amides is 1. The maximum atomic E-state index is 14.4. The van der Waals surface area contributed by atoms with E-state index in [0.29, 0.717) is 31.5 Å². The molecule has 4 rings (SSSR count). The number of rotatable bonds is 5. The number of halogens is 2. The average molecular weight is 434 g/mol. The Labute approximate surface area is 176 Å². The van der Waals surface area contributed by atoms with Gasteiger partial charge in [-0.25, -0.2) is 13.5 Å². The van der Waals surface area contributed by atoms with Crippen LogP contribution in [0.15, 0.2) is 42.5 Å². The van der Waals surface area contributed by atoms with Crippen molar-refractivity contribution in [1.29, 1.82) is 0 Å². The molecule has 1 aliphatic heterocycles. The maximum absolute atomic E-state index is 14.4. The van der Waals surface area contributed by atoms with Gasteiger partial charge in [0, 0.05) is 36.3 Å². The molecule has 1 saturated heterocycles. The Balaban J connectivity index is 1.54.